The number of benzene rings is 1. The lowest BCUT2D eigenvalue weighted by molar-refractivity contribution is -0.135. The fourth-order valence-corrected chi connectivity index (χ4v) is 4.14. The molecule has 0 spiro atoms. The molecule has 162 valence electrons. The van der Waals surface area contributed by atoms with E-state index in [1.54, 1.807) is 12.3 Å². The zero-order valence-corrected chi connectivity index (χ0v) is 18.0. The summed E-state index contributed by atoms with van der Waals surface area (Å²) in [6.07, 6.45) is 3.28. The van der Waals surface area contributed by atoms with Gasteiger partial charge < -0.3 is 14.6 Å². The number of furan rings is 1. The Bertz CT molecular complexity index is 1030. The molecule has 7 nitrogen and oxygen atoms in total. The fraction of sp³-hybridized carbons (Fsp3) is 0.375. The van der Waals surface area contributed by atoms with Crippen molar-refractivity contribution >= 4 is 11.8 Å². The molecule has 0 atom stereocenters. The van der Waals surface area contributed by atoms with Crippen molar-refractivity contribution in [2.24, 2.45) is 5.92 Å². The van der Waals surface area contributed by atoms with E-state index in [1.807, 2.05) is 59.8 Å². The summed E-state index contributed by atoms with van der Waals surface area (Å²) in [6, 6.07) is 13.6. The molecule has 1 aromatic carbocycles. The number of aryl methyl sites for hydroxylation is 1. The molecule has 2 aromatic heterocycles. The first-order chi connectivity index (χ1) is 15.0. The summed E-state index contributed by atoms with van der Waals surface area (Å²) in [6.45, 7) is 5.55. The largest absolute Gasteiger partial charge is 0.467 e. The van der Waals surface area contributed by atoms with Crippen LogP contribution in [0.25, 0.3) is 5.69 Å². The summed E-state index contributed by atoms with van der Waals surface area (Å²) in [5.74, 6) is 0.790. The van der Waals surface area contributed by atoms with Crippen molar-refractivity contribution < 1.29 is 14.0 Å². The molecular weight excluding hydrogens is 392 g/mol. The molecule has 1 fully saturated rings. The fourth-order valence-electron chi connectivity index (χ4n) is 4.14. The van der Waals surface area contributed by atoms with Gasteiger partial charge in [-0.15, -0.1) is 0 Å². The summed E-state index contributed by atoms with van der Waals surface area (Å²) in [4.78, 5) is 27.2. The van der Waals surface area contributed by atoms with Gasteiger partial charge in [-0.25, -0.2) is 4.68 Å². The maximum absolute atomic E-state index is 13.0. The van der Waals surface area contributed by atoms with E-state index in [-0.39, 0.29) is 17.7 Å². The molecular formula is C24H28N4O3. The minimum atomic E-state index is -0.0664. The van der Waals surface area contributed by atoms with Crippen LogP contribution in [-0.4, -0.2) is 39.6 Å². The highest BCUT2D eigenvalue weighted by atomic mass is 16.3. The van der Waals surface area contributed by atoms with Gasteiger partial charge in [-0.3, -0.25) is 9.59 Å². The molecule has 7 heteroatoms. The van der Waals surface area contributed by atoms with E-state index in [2.05, 4.69) is 10.4 Å². The first-order valence-electron chi connectivity index (χ1n) is 10.7. The molecule has 31 heavy (non-hydrogen) atoms. The molecule has 0 aliphatic carbocycles. The van der Waals surface area contributed by atoms with Gasteiger partial charge in [-0.1, -0.05) is 18.2 Å². The van der Waals surface area contributed by atoms with Gasteiger partial charge in [0.15, 0.2) is 0 Å². The van der Waals surface area contributed by atoms with E-state index in [4.69, 9.17) is 4.42 Å². The van der Waals surface area contributed by atoms with Crippen molar-refractivity contribution in [3.63, 3.8) is 0 Å². The number of rotatable bonds is 6. The number of aromatic nitrogens is 2. The molecule has 3 aromatic rings. The lowest BCUT2D eigenvalue weighted by Crippen LogP contribution is -2.43. The second-order valence-electron chi connectivity index (χ2n) is 8.03. The summed E-state index contributed by atoms with van der Waals surface area (Å²) < 4.78 is 7.15. The number of carbonyl (C=O) groups excluding carboxylic acids is 2. The van der Waals surface area contributed by atoms with E-state index in [9.17, 15) is 9.59 Å². The predicted octanol–water partition coefficient (Wildman–Crippen LogP) is 3.18. The van der Waals surface area contributed by atoms with Crippen LogP contribution in [0.5, 0.6) is 0 Å². The predicted molar refractivity (Wildman–Crippen MR) is 117 cm³/mol. The molecule has 1 N–H and O–H groups in total. The molecule has 1 aliphatic rings. The van der Waals surface area contributed by atoms with Crippen molar-refractivity contribution in [3.8, 4) is 5.69 Å². The van der Waals surface area contributed by atoms with E-state index in [1.165, 1.54) is 0 Å². The number of likely N-dealkylation sites (tertiary alicyclic amines) is 1. The second-order valence-corrected chi connectivity index (χ2v) is 8.03. The maximum atomic E-state index is 13.0. The maximum Gasteiger partial charge on any atom is 0.227 e. The number of nitrogens with one attached hydrogen (secondary N) is 1. The van der Waals surface area contributed by atoms with Crippen LogP contribution in [-0.2, 0) is 22.6 Å². The van der Waals surface area contributed by atoms with Crippen molar-refractivity contribution in [1.82, 2.24) is 20.0 Å². The number of amides is 2. The highest BCUT2D eigenvalue weighted by Gasteiger charge is 2.28. The van der Waals surface area contributed by atoms with Crippen LogP contribution in [0, 0.1) is 19.8 Å². The number of piperidine rings is 1. The number of hydrogen-bond donors (Lipinski definition) is 1. The van der Waals surface area contributed by atoms with E-state index in [0.717, 1.165) is 28.4 Å². The van der Waals surface area contributed by atoms with Crippen LogP contribution in [0.4, 0.5) is 0 Å². The average molecular weight is 421 g/mol. The Morgan fingerprint density at radius 1 is 1.10 bits per heavy atom. The minimum absolute atomic E-state index is 0.0272. The first kappa shape index (κ1) is 20.9. The standard InChI is InChI=1S/C24H28N4O3/c1-17-22(18(2)28(26-17)20-7-4-3-5-8-20)15-23(29)27-12-10-19(11-13-27)24(30)25-16-21-9-6-14-31-21/h3-9,14,19H,10-13,15-16H2,1-2H3,(H,25,30). The molecule has 1 saturated heterocycles. The topological polar surface area (TPSA) is 80.4 Å². The number of hydrogen-bond acceptors (Lipinski definition) is 4. The number of para-hydroxylation sites is 1. The van der Waals surface area contributed by atoms with E-state index >= 15 is 0 Å². The Hall–Kier alpha value is -3.35. The zero-order valence-electron chi connectivity index (χ0n) is 18.0. The zero-order chi connectivity index (χ0) is 21.8. The minimum Gasteiger partial charge on any atom is -0.467 e. The average Bonchev–Trinajstić information content (AvgIpc) is 3.42. The highest BCUT2D eigenvalue weighted by Crippen LogP contribution is 2.22. The van der Waals surface area contributed by atoms with Crippen molar-refractivity contribution in [3.05, 3.63) is 71.4 Å². The normalized spacial score (nSPS) is 14.6. The molecule has 2 amide bonds. The number of nitrogens with zero attached hydrogens (tertiary/aromatic N) is 3. The molecule has 4 rings (SSSR count). The highest BCUT2D eigenvalue weighted by molar-refractivity contribution is 5.81. The van der Waals surface area contributed by atoms with Crippen LogP contribution in [0.2, 0.25) is 0 Å². The molecule has 3 heterocycles. The summed E-state index contributed by atoms with van der Waals surface area (Å²) >= 11 is 0. The summed E-state index contributed by atoms with van der Waals surface area (Å²) in [7, 11) is 0. The molecule has 0 saturated carbocycles. The Balaban J connectivity index is 1.32. The molecule has 0 unspecified atom stereocenters. The lowest BCUT2D eigenvalue weighted by Gasteiger charge is -2.31. The third-order valence-corrected chi connectivity index (χ3v) is 6.01. The second kappa shape index (κ2) is 9.20. The van der Waals surface area contributed by atoms with Crippen LogP contribution < -0.4 is 5.32 Å². The van der Waals surface area contributed by atoms with Crippen LogP contribution in [0.15, 0.2) is 53.1 Å². The van der Waals surface area contributed by atoms with Crippen LogP contribution in [0.3, 0.4) is 0 Å². The van der Waals surface area contributed by atoms with Gasteiger partial charge in [-0.2, -0.15) is 5.10 Å². The summed E-state index contributed by atoms with van der Waals surface area (Å²) in [5, 5.41) is 7.57. The molecule has 0 bridgehead atoms. The molecule has 0 radical (unpaired) electrons. The van der Waals surface area contributed by atoms with Gasteiger partial charge in [0.2, 0.25) is 11.8 Å². The van der Waals surface area contributed by atoms with E-state index < -0.39 is 0 Å². The quantitative estimate of drug-likeness (QED) is 0.664. The van der Waals surface area contributed by atoms with Gasteiger partial charge >= 0.3 is 0 Å². The summed E-state index contributed by atoms with van der Waals surface area (Å²) in [5.41, 5.74) is 3.83. The van der Waals surface area contributed by atoms with Crippen molar-refractivity contribution in [2.75, 3.05) is 13.1 Å². The first-order valence-corrected chi connectivity index (χ1v) is 10.7. The monoisotopic (exact) mass is 420 g/mol. The van der Waals surface area contributed by atoms with Gasteiger partial charge in [0, 0.05) is 30.3 Å². The Kier molecular flexibility index (Phi) is 6.21. The van der Waals surface area contributed by atoms with Gasteiger partial charge in [0.05, 0.1) is 30.6 Å². The third kappa shape index (κ3) is 4.71. The SMILES string of the molecule is Cc1nn(-c2ccccc2)c(C)c1CC(=O)N1CCC(C(=O)NCc2ccco2)CC1. The smallest absolute Gasteiger partial charge is 0.227 e. The third-order valence-electron chi connectivity index (χ3n) is 6.01. The van der Waals surface area contributed by atoms with E-state index in [0.29, 0.717) is 38.9 Å². The molecule has 1 aliphatic heterocycles. The van der Waals surface area contributed by atoms with Crippen LogP contribution in [0.1, 0.15) is 35.6 Å². The Morgan fingerprint density at radius 2 is 1.84 bits per heavy atom. The van der Waals surface area contributed by atoms with Crippen LogP contribution >= 0.6 is 0 Å². The Morgan fingerprint density at radius 3 is 2.52 bits per heavy atom. The van der Waals surface area contributed by atoms with Gasteiger partial charge in [0.1, 0.15) is 5.76 Å². The van der Waals surface area contributed by atoms with Gasteiger partial charge in [0.25, 0.3) is 0 Å². The Labute approximate surface area is 182 Å². The van der Waals surface area contributed by atoms with Crippen molar-refractivity contribution in [2.45, 2.75) is 39.7 Å². The number of carbonyl (C=O) groups is 2. The van der Waals surface area contributed by atoms with Gasteiger partial charge in [-0.05, 0) is 51.0 Å². The lowest BCUT2D eigenvalue weighted by atomic mass is 9.95. The van der Waals surface area contributed by atoms with Crippen molar-refractivity contribution in [1.29, 1.82) is 0 Å².